The van der Waals surface area contributed by atoms with Crippen LogP contribution >= 0.6 is 0 Å². The molecule has 0 saturated carbocycles. The molecule has 4 heteroatoms. The summed E-state index contributed by atoms with van der Waals surface area (Å²) in [6.45, 7) is 3.60. The number of ether oxygens (including phenoxy) is 2. The molecule has 0 spiro atoms. The van der Waals surface area contributed by atoms with E-state index < -0.39 is 0 Å². The summed E-state index contributed by atoms with van der Waals surface area (Å²) in [5.41, 5.74) is 1.20. The number of rotatable bonds is 6. The Kier molecular flexibility index (Phi) is 5.62. The van der Waals surface area contributed by atoms with Crippen molar-refractivity contribution in [3.05, 3.63) is 23.8 Å². The molecule has 4 nitrogen and oxygen atoms in total. The Labute approximate surface area is 127 Å². The van der Waals surface area contributed by atoms with Gasteiger partial charge in [0.2, 0.25) is 0 Å². The molecule has 1 saturated heterocycles. The molecule has 21 heavy (non-hydrogen) atoms. The number of carbonyl (C=O) groups is 1. The van der Waals surface area contributed by atoms with Crippen LogP contribution in [0.15, 0.2) is 18.2 Å². The standard InChI is InChI=1S/C17H25NO3/c1-13(19)10-15-6-4-5-9-18(15)12-14-7-8-16(20-2)17(11-14)21-3/h7-8,11,15H,4-6,9-10,12H2,1-3H3. The number of methoxy groups -OCH3 is 2. The third kappa shape index (κ3) is 4.21. The van der Waals surface area contributed by atoms with E-state index in [2.05, 4.69) is 11.0 Å². The van der Waals surface area contributed by atoms with Crippen molar-refractivity contribution in [2.75, 3.05) is 20.8 Å². The maximum atomic E-state index is 11.4. The highest BCUT2D eigenvalue weighted by Gasteiger charge is 2.23. The SMILES string of the molecule is COc1ccc(CN2CCCCC2CC(C)=O)cc1OC. The van der Waals surface area contributed by atoms with E-state index in [1.54, 1.807) is 21.1 Å². The van der Waals surface area contributed by atoms with Crippen LogP contribution in [0, 0.1) is 0 Å². The van der Waals surface area contributed by atoms with Gasteiger partial charge >= 0.3 is 0 Å². The van der Waals surface area contributed by atoms with Gasteiger partial charge in [0, 0.05) is 19.0 Å². The summed E-state index contributed by atoms with van der Waals surface area (Å²) in [6, 6.07) is 6.42. The van der Waals surface area contributed by atoms with Crippen LogP contribution in [0.1, 0.15) is 38.2 Å². The summed E-state index contributed by atoms with van der Waals surface area (Å²) in [4.78, 5) is 13.9. The van der Waals surface area contributed by atoms with Gasteiger partial charge in [-0.2, -0.15) is 0 Å². The van der Waals surface area contributed by atoms with Crippen molar-refractivity contribution in [1.29, 1.82) is 0 Å². The first-order valence-corrected chi connectivity index (χ1v) is 7.58. The first kappa shape index (κ1) is 15.8. The molecule has 0 radical (unpaired) electrons. The molecule has 1 aliphatic rings. The Balaban J connectivity index is 2.09. The highest BCUT2D eigenvalue weighted by atomic mass is 16.5. The molecule has 1 aromatic carbocycles. The lowest BCUT2D eigenvalue weighted by Crippen LogP contribution is -2.39. The van der Waals surface area contributed by atoms with E-state index in [0.717, 1.165) is 31.0 Å². The number of hydrogen-bond donors (Lipinski definition) is 0. The van der Waals surface area contributed by atoms with E-state index >= 15 is 0 Å². The van der Waals surface area contributed by atoms with Crippen LogP contribution in [0.25, 0.3) is 0 Å². The van der Waals surface area contributed by atoms with Gasteiger partial charge in [-0.05, 0) is 44.0 Å². The number of Topliss-reactive ketones (excluding diaryl/α,β-unsaturated/α-hetero) is 1. The zero-order valence-electron chi connectivity index (χ0n) is 13.2. The van der Waals surface area contributed by atoms with Crippen LogP contribution in [-0.2, 0) is 11.3 Å². The topological polar surface area (TPSA) is 38.8 Å². The largest absolute Gasteiger partial charge is 0.493 e. The second kappa shape index (κ2) is 7.46. The number of carbonyl (C=O) groups excluding carboxylic acids is 1. The molecule has 1 aromatic rings. The highest BCUT2D eigenvalue weighted by molar-refractivity contribution is 5.76. The van der Waals surface area contributed by atoms with Crippen molar-refractivity contribution >= 4 is 5.78 Å². The summed E-state index contributed by atoms with van der Waals surface area (Å²) in [6.07, 6.45) is 4.21. The van der Waals surface area contributed by atoms with Crippen molar-refractivity contribution in [2.24, 2.45) is 0 Å². The van der Waals surface area contributed by atoms with Gasteiger partial charge in [-0.25, -0.2) is 0 Å². The first-order chi connectivity index (χ1) is 10.1. The second-order valence-electron chi connectivity index (χ2n) is 5.72. The lowest BCUT2D eigenvalue weighted by Gasteiger charge is -2.35. The fourth-order valence-corrected chi connectivity index (χ4v) is 3.04. The Bertz CT molecular complexity index is 487. The minimum atomic E-state index is 0.277. The lowest BCUT2D eigenvalue weighted by molar-refractivity contribution is -0.118. The lowest BCUT2D eigenvalue weighted by atomic mass is 9.97. The van der Waals surface area contributed by atoms with E-state index in [9.17, 15) is 4.79 Å². The van der Waals surface area contributed by atoms with Gasteiger partial charge < -0.3 is 9.47 Å². The average Bonchev–Trinajstić information content (AvgIpc) is 2.48. The number of likely N-dealkylation sites (tertiary alicyclic amines) is 1. The molecule has 0 N–H and O–H groups in total. The predicted octanol–water partition coefficient (Wildman–Crippen LogP) is 3.04. The molecule has 2 rings (SSSR count). The van der Waals surface area contributed by atoms with Gasteiger partial charge in [0.05, 0.1) is 14.2 Å². The van der Waals surface area contributed by atoms with Gasteiger partial charge in [-0.1, -0.05) is 12.5 Å². The molecule has 1 unspecified atom stereocenters. The Morgan fingerprint density at radius 1 is 1.24 bits per heavy atom. The van der Waals surface area contributed by atoms with Crippen molar-refractivity contribution in [1.82, 2.24) is 4.90 Å². The fraction of sp³-hybridized carbons (Fsp3) is 0.588. The Hall–Kier alpha value is -1.55. The zero-order chi connectivity index (χ0) is 15.2. The second-order valence-corrected chi connectivity index (χ2v) is 5.72. The van der Waals surface area contributed by atoms with E-state index in [1.165, 1.54) is 18.4 Å². The molecule has 116 valence electrons. The van der Waals surface area contributed by atoms with Gasteiger partial charge in [0.25, 0.3) is 0 Å². The van der Waals surface area contributed by atoms with Crippen LogP contribution in [0.4, 0.5) is 0 Å². The van der Waals surface area contributed by atoms with Gasteiger partial charge in [-0.3, -0.25) is 9.69 Å². The molecule has 0 amide bonds. The number of nitrogens with zero attached hydrogens (tertiary/aromatic N) is 1. The quantitative estimate of drug-likeness (QED) is 0.807. The smallest absolute Gasteiger partial charge is 0.161 e. The molecule has 0 aromatic heterocycles. The van der Waals surface area contributed by atoms with Gasteiger partial charge in [-0.15, -0.1) is 0 Å². The minimum absolute atomic E-state index is 0.277. The molecule has 1 aliphatic heterocycles. The molecule has 1 heterocycles. The fourth-order valence-electron chi connectivity index (χ4n) is 3.04. The van der Waals surface area contributed by atoms with Crippen molar-refractivity contribution in [3.63, 3.8) is 0 Å². The van der Waals surface area contributed by atoms with E-state index in [4.69, 9.17) is 9.47 Å². The van der Waals surface area contributed by atoms with Crippen LogP contribution in [0.3, 0.4) is 0 Å². The average molecular weight is 291 g/mol. The molecular weight excluding hydrogens is 266 g/mol. The van der Waals surface area contributed by atoms with Gasteiger partial charge in [0.1, 0.15) is 5.78 Å². The highest BCUT2D eigenvalue weighted by Crippen LogP contribution is 2.29. The van der Waals surface area contributed by atoms with Crippen molar-refractivity contribution in [3.8, 4) is 11.5 Å². The number of ketones is 1. The summed E-state index contributed by atoms with van der Waals surface area (Å²) in [5, 5.41) is 0. The van der Waals surface area contributed by atoms with Crippen LogP contribution in [0.2, 0.25) is 0 Å². The third-order valence-corrected chi connectivity index (χ3v) is 4.11. The maximum Gasteiger partial charge on any atom is 0.161 e. The predicted molar refractivity (Wildman–Crippen MR) is 82.9 cm³/mol. The maximum absolute atomic E-state index is 11.4. The number of piperidine rings is 1. The summed E-state index contributed by atoms with van der Waals surface area (Å²) >= 11 is 0. The molecule has 1 atom stereocenters. The minimum Gasteiger partial charge on any atom is -0.493 e. The van der Waals surface area contributed by atoms with Crippen LogP contribution in [-0.4, -0.2) is 37.5 Å². The number of hydrogen-bond acceptors (Lipinski definition) is 4. The first-order valence-electron chi connectivity index (χ1n) is 7.58. The number of benzene rings is 1. The molecule has 0 aliphatic carbocycles. The normalized spacial score (nSPS) is 19.3. The summed E-state index contributed by atoms with van der Waals surface area (Å²) < 4.78 is 10.6. The van der Waals surface area contributed by atoms with Crippen molar-refractivity contribution < 1.29 is 14.3 Å². The van der Waals surface area contributed by atoms with E-state index in [-0.39, 0.29) is 5.78 Å². The zero-order valence-corrected chi connectivity index (χ0v) is 13.2. The Morgan fingerprint density at radius 3 is 2.67 bits per heavy atom. The summed E-state index contributed by atoms with van der Waals surface area (Å²) in [7, 11) is 3.30. The van der Waals surface area contributed by atoms with Crippen LogP contribution in [0.5, 0.6) is 11.5 Å². The van der Waals surface area contributed by atoms with Gasteiger partial charge in [0.15, 0.2) is 11.5 Å². The molecule has 1 fully saturated rings. The van der Waals surface area contributed by atoms with Crippen LogP contribution < -0.4 is 9.47 Å². The molecular formula is C17H25NO3. The third-order valence-electron chi connectivity index (χ3n) is 4.11. The van der Waals surface area contributed by atoms with E-state index in [0.29, 0.717) is 12.5 Å². The Morgan fingerprint density at radius 2 is 2.00 bits per heavy atom. The van der Waals surface area contributed by atoms with Crippen molar-refractivity contribution in [2.45, 2.75) is 45.2 Å². The van der Waals surface area contributed by atoms with E-state index in [1.807, 2.05) is 12.1 Å². The monoisotopic (exact) mass is 291 g/mol. The summed E-state index contributed by atoms with van der Waals surface area (Å²) in [5.74, 6) is 1.79. The molecule has 0 bridgehead atoms.